The average Bonchev–Trinajstić information content (AvgIpc) is 3.58. The van der Waals surface area contributed by atoms with Gasteiger partial charge in [-0.15, -0.1) is 11.8 Å². The number of carboxylic acids is 1. The van der Waals surface area contributed by atoms with Gasteiger partial charge in [0, 0.05) is 35.9 Å². The number of aliphatic hydroxyl groups excluding tert-OH is 1. The van der Waals surface area contributed by atoms with Crippen molar-refractivity contribution < 1.29 is 34.4 Å². The number of amides is 2. The third kappa shape index (κ3) is 5.58. The van der Waals surface area contributed by atoms with Gasteiger partial charge in [-0.3, -0.25) is 14.5 Å². The van der Waals surface area contributed by atoms with Crippen molar-refractivity contribution in [2.24, 2.45) is 5.16 Å². The van der Waals surface area contributed by atoms with Crippen LogP contribution in [0.15, 0.2) is 41.1 Å². The highest BCUT2D eigenvalue weighted by atomic mass is 32.2. The quantitative estimate of drug-likeness (QED) is 0.0349. The number of nitrogens with two attached hydrogens (primary N) is 1. The van der Waals surface area contributed by atoms with Crippen molar-refractivity contribution in [3.05, 3.63) is 41.8 Å². The van der Waals surface area contributed by atoms with E-state index in [0.29, 0.717) is 24.3 Å². The zero-order valence-electron chi connectivity index (χ0n) is 21.5. The molecule has 6 N–H and O–H groups in total. The van der Waals surface area contributed by atoms with E-state index < -0.39 is 34.9 Å². The number of rotatable bonds is 12. The van der Waals surface area contributed by atoms with Crippen LogP contribution in [0, 0.1) is 0 Å². The number of aryl methyl sites for hydroxylation is 1. The molecule has 2 aliphatic heterocycles. The van der Waals surface area contributed by atoms with Crippen LogP contribution in [0.4, 0.5) is 5.13 Å². The highest BCUT2D eigenvalue weighted by molar-refractivity contribution is 8.00. The molecule has 0 spiro atoms. The van der Waals surface area contributed by atoms with Gasteiger partial charge in [0.2, 0.25) is 17.9 Å². The minimum Gasteiger partial charge on any atom is -0.543 e. The predicted molar refractivity (Wildman–Crippen MR) is 144 cm³/mol. The molecule has 0 aliphatic carbocycles. The van der Waals surface area contributed by atoms with E-state index in [1.165, 1.54) is 11.8 Å². The average molecular weight is 603 g/mol. The van der Waals surface area contributed by atoms with Gasteiger partial charge in [-0.2, -0.15) is 9.36 Å². The van der Waals surface area contributed by atoms with Gasteiger partial charge < -0.3 is 41.1 Å². The summed E-state index contributed by atoms with van der Waals surface area (Å²) >= 11 is 2.09. The van der Waals surface area contributed by atoms with Gasteiger partial charge in [0.25, 0.3) is 11.8 Å². The van der Waals surface area contributed by atoms with Crippen LogP contribution in [0.1, 0.15) is 12.2 Å². The normalized spacial score (nSPS) is 18.9. The van der Waals surface area contributed by atoms with Gasteiger partial charge in [0.05, 0.1) is 24.5 Å². The van der Waals surface area contributed by atoms with E-state index in [1.807, 2.05) is 21.3 Å². The number of anilines is 1. The molecule has 2 atom stereocenters. The number of aliphatic hydroxyl groups is 1. The third-order valence-electron chi connectivity index (χ3n) is 6.55. The number of fused-ring (bicyclic) bond motifs is 2. The molecule has 41 heavy (non-hydrogen) atoms. The molecule has 2 unspecified atom stereocenters. The molecule has 18 heteroatoms. The van der Waals surface area contributed by atoms with Gasteiger partial charge in [0.1, 0.15) is 23.5 Å². The first-order valence-electron chi connectivity index (χ1n) is 12.5. The molecule has 3 aromatic rings. The largest absolute Gasteiger partial charge is 0.543 e. The Morgan fingerprint density at radius 1 is 1.34 bits per heavy atom. The first-order valence-corrected chi connectivity index (χ1v) is 14.3. The van der Waals surface area contributed by atoms with Crippen molar-refractivity contribution >= 4 is 63.1 Å². The fourth-order valence-corrected chi connectivity index (χ4v) is 6.47. The molecular weight excluding hydrogens is 576 g/mol. The summed E-state index contributed by atoms with van der Waals surface area (Å²) in [6.45, 7) is 2.21. The van der Waals surface area contributed by atoms with E-state index in [-0.39, 0.29) is 35.6 Å². The van der Waals surface area contributed by atoms with E-state index in [0.717, 1.165) is 34.9 Å². The van der Waals surface area contributed by atoms with Crippen LogP contribution in [0.5, 0.6) is 0 Å². The number of pyridine rings is 1. The zero-order chi connectivity index (χ0) is 29.1. The lowest BCUT2D eigenvalue weighted by Crippen LogP contribution is -2.71. The Morgan fingerprint density at radius 2 is 2.17 bits per heavy atom. The number of oxime groups is 1. The number of nitrogens with zero attached hydrogens (tertiary/aromatic N) is 7. The highest BCUT2D eigenvalue weighted by Gasteiger charge is 2.53. The molecule has 5 rings (SSSR count). The van der Waals surface area contributed by atoms with Crippen LogP contribution >= 0.6 is 23.3 Å². The second-order valence-corrected chi connectivity index (χ2v) is 11.0. The lowest BCUT2D eigenvalue weighted by atomic mass is 10.0. The summed E-state index contributed by atoms with van der Waals surface area (Å²) in [5.74, 6) is -2.99. The molecule has 1 saturated heterocycles. The highest BCUT2D eigenvalue weighted by Crippen LogP contribution is 2.40. The smallest absolute Gasteiger partial charge is 0.349 e. The Labute approximate surface area is 240 Å². The SMILES string of the molecule is Nc1nc(/C(=N/O)C(=O)NC2C(=O)N3C(C(=O)[O-])=C(C[n+]4cccc5c4ncn5CCCNCCO)CSC23)ns1. The Kier molecular flexibility index (Phi) is 8.43. The summed E-state index contributed by atoms with van der Waals surface area (Å²) in [6, 6.07) is 2.70. The fraction of sp³-hybridized carbons (Fsp3) is 0.391. The van der Waals surface area contributed by atoms with Crippen LogP contribution in [0.3, 0.4) is 0 Å². The molecule has 0 saturated carbocycles. The molecular formula is C23H26N10O6S2. The van der Waals surface area contributed by atoms with Crippen molar-refractivity contribution in [3.8, 4) is 0 Å². The van der Waals surface area contributed by atoms with Crippen molar-refractivity contribution in [2.75, 3.05) is 31.2 Å². The van der Waals surface area contributed by atoms with Crippen molar-refractivity contribution in [1.82, 2.24) is 34.4 Å². The zero-order valence-corrected chi connectivity index (χ0v) is 23.1. The fourth-order valence-electron chi connectivity index (χ4n) is 4.70. The number of carboxylic acid groups (broad SMARTS) is 1. The van der Waals surface area contributed by atoms with Gasteiger partial charge in [-0.05, 0) is 30.1 Å². The van der Waals surface area contributed by atoms with Gasteiger partial charge >= 0.3 is 5.65 Å². The summed E-state index contributed by atoms with van der Waals surface area (Å²) < 4.78 is 7.65. The van der Waals surface area contributed by atoms with Gasteiger partial charge in [-0.25, -0.2) is 4.57 Å². The summed E-state index contributed by atoms with van der Waals surface area (Å²) in [5.41, 5.74) is 6.75. The molecule has 0 bridgehead atoms. The number of thioether (sulfide) groups is 1. The molecule has 1 fully saturated rings. The van der Waals surface area contributed by atoms with E-state index in [4.69, 9.17) is 10.8 Å². The Bertz CT molecular complexity index is 1550. The summed E-state index contributed by atoms with van der Waals surface area (Å²) in [6.07, 6.45) is 4.33. The number of imidazole rings is 1. The molecule has 5 heterocycles. The van der Waals surface area contributed by atoms with E-state index in [1.54, 1.807) is 12.5 Å². The maximum atomic E-state index is 13.1. The van der Waals surface area contributed by atoms with Crippen LogP contribution in [-0.4, -0.2) is 94.5 Å². The minimum atomic E-state index is -1.50. The van der Waals surface area contributed by atoms with Crippen LogP contribution in [0.2, 0.25) is 0 Å². The molecule has 216 valence electrons. The van der Waals surface area contributed by atoms with Crippen molar-refractivity contribution in [1.29, 1.82) is 0 Å². The Hall–Kier alpha value is -4.13. The van der Waals surface area contributed by atoms with E-state index in [2.05, 4.69) is 30.1 Å². The Morgan fingerprint density at radius 3 is 2.88 bits per heavy atom. The number of hydrogen-bond acceptors (Lipinski definition) is 14. The molecule has 2 aliphatic rings. The van der Waals surface area contributed by atoms with Crippen LogP contribution in [0.25, 0.3) is 11.2 Å². The molecule has 0 aromatic carbocycles. The van der Waals surface area contributed by atoms with Gasteiger partial charge in [0.15, 0.2) is 5.13 Å². The standard InChI is InChI=1S/C23H26N10O6S2/c24-23-28-17(30-41-23)14(29-39)19(35)27-15-20(36)33-16(22(37)38)12(10-40-21(15)33)9-31-6-1-3-13-18(31)26-11-32(13)7-2-4-25-5-8-34/h1,3,6,11,15,21,25,34H,2,4-5,7-10H2,(H4-,24,27,28,30,35,37,38,39). The van der Waals surface area contributed by atoms with Crippen LogP contribution in [-0.2, 0) is 27.5 Å². The lowest BCUT2D eigenvalue weighted by molar-refractivity contribution is -0.664. The summed E-state index contributed by atoms with van der Waals surface area (Å²) in [5, 5.41) is 38.3. The first-order chi connectivity index (χ1) is 19.8. The molecule has 16 nitrogen and oxygen atoms in total. The number of nitrogen functional groups attached to an aromatic ring is 1. The topological polar surface area (TPSA) is 228 Å². The number of β-lactam (4-membered cyclic amide) rings is 1. The number of nitrogens with one attached hydrogen (secondary N) is 2. The molecule has 3 aromatic heterocycles. The summed E-state index contributed by atoms with van der Waals surface area (Å²) in [4.78, 5) is 47.4. The molecule has 2 amide bonds. The van der Waals surface area contributed by atoms with Crippen molar-refractivity contribution in [3.63, 3.8) is 0 Å². The number of aliphatic carboxylic acids is 1. The van der Waals surface area contributed by atoms with Gasteiger partial charge in [-0.1, -0.05) is 5.16 Å². The second kappa shape index (κ2) is 12.2. The number of carbonyl (C=O) groups is 3. The third-order valence-corrected chi connectivity index (χ3v) is 8.43. The molecule has 0 radical (unpaired) electrons. The monoisotopic (exact) mass is 602 g/mol. The minimum absolute atomic E-state index is 0.0609. The second-order valence-electron chi connectivity index (χ2n) is 9.12. The van der Waals surface area contributed by atoms with Crippen LogP contribution < -0.4 is 26.0 Å². The van der Waals surface area contributed by atoms with E-state index >= 15 is 0 Å². The Balaban J connectivity index is 1.31. The number of carbonyl (C=O) groups excluding carboxylic acids is 3. The number of hydrogen-bond donors (Lipinski definition) is 5. The van der Waals surface area contributed by atoms with E-state index in [9.17, 15) is 24.7 Å². The van der Waals surface area contributed by atoms with Crippen molar-refractivity contribution in [2.45, 2.75) is 30.9 Å². The maximum absolute atomic E-state index is 13.1. The summed E-state index contributed by atoms with van der Waals surface area (Å²) in [7, 11) is 0. The first kappa shape index (κ1) is 28.4. The maximum Gasteiger partial charge on any atom is 0.349 e. The predicted octanol–water partition coefficient (Wildman–Crippen LogP) is -2.99. The lowest BCUT2D eigenvalue weighted by Gasteiger charge is -2.50. The number of aromatic nitrogens is 5.